The summed E-state index contributed by atoms with van der Waals surface area (Å²) in [7, 11) is 0. The minimum atomic E-state index is -1.24. The quantitative estimate of drug-likeness (QED) is 0.650. The summed E-state index contributed by atoms with van der Waals surface area (Å²) in [5.74, 6) is 5.21. The standard InChI is InChI=1S/C22H27NO4/c1-4-18-13-16(10-12-23-18)9-11-22(25,17-7-5-6-8-17)15-19-14-20(24)27-21(2,3)26-19/h10,12-14,17,25H,4-8,15H2,1-3H3. The van der Waals surface area contributed by atoms with E-state index in [4.69, 9.17) is 9.47 Å². The normalized spacial score (nSPS) is 21.3. The Morgan fingerprint density at radius 2 is 2.07 bits per heavy atom. The molecule has 1 saturated carbocycles. The fourth-order valence-electron chi connectivity index (χ4n) is 3.75. The number of aliphatic hydroxyl groups is 1. The van der Waals surface area contributed by atoms with Gasteiger partial charge in [-0.05, 0) is 37.3 Å². The predicted molar refractivity (Wildman–Crippen MR) is 101 cm³/mol. The van der Waals surface area contributed by atoms with E-state index < -0.39 is 17.4 Å². The molecule has 1 aromatic heterocycles. The Kier molecular flexibility index (Phi) is 5.57. The van der Waals surface area contributed by atoms with Crippen LogP contribution in [0.25, 0.3) is 0 Å². The smallest absolute Gasteiger partial charge is 0.337 e. The molecule has 27 heavy (non-hydrogen) atoms. The van der Waals surface area contributed by atoms with Crippen molar-refractivity contribution in [2.75, 3.05) is 0 Å². The highest BCUT2D eigenvalue weighted by molar-refractivity contribution is 5.83. The van der Waals surface area contributed by atoms with Crippen molar-refractivity contribution < 1.29 is 19.4 Å². The molecule has 1 aliphatic heterocycles. The molecule has 2 heterocycles. The van der Waals surface area contributed by atoms with Gasteiger partial charge in [-0.3, -0.25) is 4.98 Å². The predicted octanol–water partition coefficient (Wildman–Crippen LogP) is 3.50. The molecule has 0 aromatic carbocycles. The zero-order valence-electron chi connectivity index (χ0n) is 16.2. The highest BCUT2D eigenvalue weighted by Crippen LogP contribution is 2.39. The molecule has 0 radical (unpaired) electrons. The summed E-state index contributed by atoms with van der Waals surface area (Å²) in [5.41, 5.74) is 0.552. The van der Waals surface area contributed by atoms with Crippen molar-refractivity contribution in [3.63, 3.8) is 0 Å². The Balaban J connectivity index is 1.89. The lowest BCUT2D eigenvalue weighted by atomic mass is 9.82. The lowest BCUT2D eigenvalue weighted by molar-refractivity contribution is -0.207. The maximum absolute atomic E-state index is 11.8. The van der Waals surface area contributed by atoms with E-state index in [1.165, 1.54) is 6.08 Å². The largest absolute Gasteiger partial charge is 0.457 e. The van der Waals surface area contributed by atoms with Crippen LogP contribution in [-0.2, 0) is 20.7 Å². The van der Waals surface area contributed by atoms with Crippen molar-refractivity contribution in [2.24, 2.45) is 5.92 Å². The minimum absolute atomic E-state index is 0.0584. The van der Waals surface area contributed by atoms with E-state index in [0.717, 1.165) is 43.4 Å². The maximum atomic E-state index is 11.8. The van der Waals surface area contributed by atoms with E-state index >= 15 is 0 Å². The van der Waals surface area contributed by atoms with Crippen LogP contribution in [0.15, 0.2) is 30.2 Å². The average Bonchev–Trinajstić information content (AvgIpc) is 3.14. The van der Waals surface area contributed by atoms with Crippen LogP contribution in [0.1, 0.15) is 64.1 Å². The van der Waals surface area contributed by atoms with Crippen LogP contribution in [0.5, 0.6) is 0 Å². The third-order valence-corrected chi connectivity index (χ3v) is 5.08. The molecule has 1 N–H and O–H groups in total. The SMILES string of the molecule is CCc1cc(C#CC(O)(CC2=CC(=O)OC(C)(C)O2)C2CCCC2)ccn1. The summed E-state index contributed by atoms with van der Waals surface area (Å²) in [4.78, 5) is 16.1. The van der Waals surface area contributed by atoms with Crippen LogP contribution < -0.4 is 0 Å². The molecule has 3 rings (SSSR count). The number of esters is 1. The second-order valence-corrected chi connectivity index (χ2v) is 7.76. The molecule has 5 heteroatoms. The van der Waals surface area contributed by atoms with Crippen molar-refractivity contribution in [3.8, 4) is 11.8 Å². The molecule has 0 saturated heterocycles. The van der Waals surface area contributed by atoms with Crippen LogP contribution in [0.3, 0.4) is 0 Å². The molecular weight excluding hydrogens is 342 g/mol. The first kappa shape index (κ1) is 19.4. The zero-order chi connectivity index (χ0) is 19.5. The van der Waals surface area contributed by atoms with E-state index in [1.807, 2.05) is 19.1 Å². The van der Waals surface area contributed by atoms with Gasteiger partial charge in [-0.15, -0.1) is 0 Å². The molecule has 1 aliphatic carbocycles. The highest BCUT2D eigenvalue weighted by atomic mass is 16.7. The Morgan fingerprint density at radius 3 is 2.74 bits per heavy atom. The zero-order valence-corrected chi connectivity index (χ0v) is 16.2. The van der Waals surface area contributed by atoms with E-state index in [-0.39, 0.29) is 12.3 Å². The number of carbonyl (C=O) groups is 1. The van der Waals surface area contributed by atoms with Gasteiger partial charge < -0.3 is 14.6 Å². The van der Waals surface area contributed by atoms with Gasteiger partial charge in [-0.1, -0.05) is 31.6 Å². The van der Waals surface area contributed by atoms with Gasteiger partial charge in [-0.2, -0.15) is 0 Å². The van der Waals surface area contributed by atoms with Crippen LogP contribution in [0, 0.1) is 17.8 Å². The van der Waals surface area contributed by atoms with E-state index in [9.17, 15) is 9.90 Å². The minimum Gasteiger partial charge on any atom is -0.457 e. The molecule has 0 amide bonds. The van der Waals surface area contributed by atoms with Crippen molar-refractivity contribution in [2.45, 2.75) is 70.7 Å². The van der Waals surface area contributed by atoms with Gasteiger partial charge in [0, 0.05) is 37.7 Å². The number of aryl methyl sites for hydroxylation is 1. The van der Waals surface area contributed by atoms with Crippen molar-refractivity contribution in [3.05, 3.63) is 41.4 Å². The van der Waals surface area contributed by atoms with Gasteiger partial charge in [-0.25, -0.2) is 4.79 Å². The summed E-state index contributed by atoms with van der Waals surface area (Å²) in [6.07, 6.45) is 8.06. The topological polar surface area (TPSA) is 68.7 Å². The number of ether oxygens (including phenoxy) is 2. The Labute approximate surface area is 160 Å². The number of hydrogen-bond donors (Lipinski definition) is 1. The Bertz CT molecular complexity index is 796. The van der Waals surface area contributed by atoms with Gasteiger partial charge in [0.2, 0.25) is 5.79 Å². The second-order valence-electron chi connectivity index (χ2n) is 7.76. The number of aromatic nitrogens is 1. The summed E-state index contributed by atoms with van der Waals surface area (Å²) < 4.78 is 10.9. The second kappa shape index (κ2) is 7.74. The number of hydrogen-bond acceptors (Lipinski definition) is 5. The van der Waals surface area contributed by atoms with Gasteiger partial charge >= 0.3 is 5.97 Å². The molecule has 144 valence electrons. The summed E-state index contributed by atoms with van der Waals surface area (Å²) >= 11 is 0. The van der Waals surface area contributed by atoms with Crippen molar-refractivity contribution in [1.82, 2.24) is 4.98 Å². The van der Waals surface area contributed by atoms with Gasteiger partial charge in [0.05, 0.1) is 6.08 Å². The number of carbonyl (C=O) groups excluding carboxylic acids is 1. The monoisotopic (exact) mass is 369 g/mol. The fourth-order valence-corrected chi connectivity index (χ4v) is 3.75. The van der Waals surface area contributed by atoms with E-state index in [2.05, 4.69) is 16.8 Å². The molecule has 1 atom stereocenters. The molecule has 1 aromatic rings. The van der Waals surface area contributed by atoms with Crippen LogP contribution in [0.4, 0.5) is 0 Å². The summed E-state index contributed by atoms with van der Waals surface area (Å²) in [6, 6.07) is 3.79. The molecule has 1 unspecified atom stereocenters. The first-order valence-corrected chi connectivity index (χ1v) is 9.63. The van der Waals surface area contributed by atoms with Gasteiger partial charge in [0.1, 0.15) is 11.4 Å². The Hall–Kier alpha value is -2.32. The maximum Gasteiger partial charge on any atom is 0.337 e. The summed E-state index contributed by atoms with van der Waals surface area (Å²) in [6.45, 7) is 5.41. The van der Waals surface area contributed by atoms with Crippen LogP contribution in [0.2, 0.25) is 0 Å². The molecule has 5 nitrogen and oxygen atoms in total. The average molecular weight is 369 g/mol. The molecule has 1 fully saturated rings. The highest BCUT2D eigenvalue weighted by Gasteiger charge is 2.41. The van der Waals surface area contributed by atoms with Crippen LogP contribution >= 0.6 is 0 Å². The number of nitrogens with zero attached hydrogens (tertiary/aromatic N) is 1. The molecule has 0 bridgehead atoms. The lowest BCUT2D eigenvalue weighted by Crippen LogP contribution is -2.40. The first-order chi connectivity index (χ1) is 12.8. The first-order valence-electron chi connectivity index (χ1n) is 9.63. The van der Waals surface area contributed by atoms with Crippen molar-refractivity contribution >= 4 is 5.97 Å². The van der Waals surface area contributed by atoms with Gasteiger partial charge in [0.25, 0.3) is 0 Å². The lowest BCUT2D eigenvalue weighted by Gasteiger charge is -2.35. The number of cyclic esters (lactones) is 1. The van der Waals surface area contributed by atoms with Crippen molar-refractivity contribution in [1.29, 1.82) is 0 Å². The van der Waals surface area contributed by atoms with E-state index in [0.29, 0.717) is 5.76 Å². The third kappa shape index (κ3) is 4.90. The van der Waals surface area contributed by atoms with E-state index in [1.54, 1.807) is 20.0 Å². The molecule has 2 aliphatic rings. The molecular formula is C22H27NO4. The number of rotatable bonds is 4. The number of pyridine rings is 1. The third-order valence-electron chi connectivity index (χ3n) is 5.08. The Morgan fingerprint density at radius 1 is 1.33 bits per heavy atom. The van der Waals surface area contributed by atoms with Crippen LogP contribution in [-0.4, -0.2) is 27.4 Å². The van der Waals surface area contributed by atoms with Gasteiger partial charge in [0.15, 0.2) is 0 Å². The fraction of sp³-hybridized carbons (Fsp3) is 0.545. The molecule has 0 spiro atoms. The summed E-state index contributed by atoms with van der Waals surface area (Å²) in [5, 5.41) is 11.4.